The molecule has 3 heteroatoms. The first-order chi connectivity index (χ1) is 7.47. The maximum Gasteiger partial charge on any atom is 0.342 e. The lowest BCUT2D eigenvalue weighted by Gasteiger charge is -2.16. The van der Waals surface area contributed by atoms with Gasteiger partial charge in [-0.3, -0.25) is 4.89 Å². The van der Waals surface area contributed by atoms with Crippen LogP contribution in [0.4, 0.5) is 0 Å². The molecule has 0 atom stereocenters. The molecule has 16 heavy (non-hydrogen) atoms. The quantitative estimate of drug-likeness (QED) is 0.580. The summed E-state index contributed by atoms with van der Waals surface area (Å²) in [7, 11) is 0. The molecular formula is C13H18O3. The largest absolute Gasteiger partial charge is 0.342 e. The van der Waals surface area contributed by atoms with E-state index in [1.807, 2.05) is 51.1 Å². The van der Waals surface area contributed by atoms with Gasteiger partial charge in [-0.1, -0.05) is 30.3 Å². The molecule has 88 valence electrons. The second-order valence-electron chi connectivity index (χ2n) is 4.64. The minimum Gasteiger partial charge on any atom is -0.298 e. The predicted octanol–water partition coefficient (Wildman–Crippen LogP) is 2.89. The second-order valence-corrected chi connectivity index (χ2v) is 4.64. The van der Waals surface area contributed by atoms with E-state index in [1.165, 1.54) is 0 Å². The molecule has 0 spiro atoms. The molecule has 0 saturated heterocycles. The van der Waals surface area contributed by atoms with E-state index in [4.69, 9.17) is 4.89 Å². The molecule has 0 saturated carbocycles. The Labute approximate surface area is 96.3 Å². The summed E-state index contributed by atoms with van der Waals surface area (Å²) in [6.07, 6.45) is 1.01. The van der Waals surface area contributed by atoms with Crippen molar-refractivity contribution in [1.29, 1.82) is 0 Å². The van der Waals surface area contributed by atoms with Crippen molar-refractivity contribution in [2.45, 2.75) is 39.2 Å². The fourth-order valence-electron chi connectivity index (χ4n) is 1.10. The Morgan fingerprint density at radius 2 is 1.81 bits per heavy atom. The first-order valence-electron chi connectivity index (χ1n) is 5.40. The van der Waals surface area contributed by atoms with Crippen LogP contribution in [0, 0.1) is 0 Å². The summed E-state index contributed by atoms with van der Waals surface area (Å²) in [4.78, 5) is 20.9. The highest BCUT2D eigenvalue weighted by molar-refractivity contribution is 5.69. The van der Waals surface area contributed by atoms with Crippen molar-refractivity contribution in [3.63, 3.8) is 0 Å². The van der Waals surface area contributed by atoms with Gasteiger partial charge in [0.25, 0.3) is 0 Å². The van der Waals surface area contributed by atoms with Crippen LogP contribution in [-0.4, -0.2) is 11.6 Å². The SMILES string of the molecule is CC(C)(C)OOC(=O)CCc1ccccc1. The summed E-state index contributed by atoms with van der Waals surface area (Å²) < 4.78 is 0. The Kier molecular flexibility index (Phi) is 4.50. The van der Waals surface area contributed by atoms with Crippen molar-refractivity contribution in [1.82, 2.24) is 0 Å². The van der Waals surface area contributed by atoms with Crippen molar-refractivity contribution in [2.75, 3.05) is 0 Å². The topological polar surface area (TPSA) is 35.5 Å². The Bertz CT molecular complexity index is 325. The molecule has 0 heterocycles. The van der Waals surface area contributed by atoms with Gasteiger partial charge >= 0.3 is 5.97 Å². The average Bonchev–Trinajstić information content (AvgIpc) is 2.24. The lowest BCUT2D eigenvalue weighted by atomic mass is 10.1. The summed E-state index contributed by atoms with van der Waals surface area (Å²) in [6, 6.07) is 9.82. The molecule has 3 nitrogen and oxygen atoms in total. The van der Waals surface area contributed by atoms with Crippen molar-refractivity contribution in [2.24, 2.45) is 0 Å². The predicted molar refractivity (Wildman–Crippen MR) is 61.7 cm³/mol. The zero-order chi connectivity index (χ0) is 12.0. The zero-order valence-corrected chi connectivity index (χ0v) is 10.0. The lowest BCUT2D eigenvalue weighted by molar-refractivity contribution is -0.320. The smallest absolute Gasteiger partial charge is 0.298 e. The fraction of sp³-hybridized carbons (Fsp3) is 0.462. The van der Waals surface area contributed by atoms with E-state index in [1.54, 1.807) is 0 Å². The normalized spacial score (nSPS) is 11.2. The highest BCUT2D eigenvalue weighted by atomic mass is 17.2. The number of rotatable bonds is 4. The summed E-state index contributed by atoms with van der Waals surface area (Å²) in [5.74, 6) is -0.334. The van der Waals surface area contributed by atoms with Crippen LogP contribution in [0.15, 0.2) is 30.3 Å². The van der Waals surface area contributed by atoms with Gasteiger partial charge in [0.2, 0.25) is 0 Å². The Balaban J connectivity index is 2.26. The highest BCUT2D eigenvalue weighted by Crippen LogP contribution is 2.09. The molecule has 1 aromatic carbocycles. The van der Waals surface area contributed by atoms with E-state index in [2.05, 4.69) is 4.89 Å². The van der Waals surface area contributed by atoms with Crippen LogP contribution in [0.25, 0.3) is 0 Å². The molecule has 0 aliphatic rings. The van der Waals surface area contributed by atoms with Crippen LogP contribution in [0.5, 0.6) is 0 Å². The number of carbonyl (C=O) groups is 1. The van der Waals surface area contributed by atoms with E-state index in [0.29, 0.717) is 12.8 Å². The molecule has 1 rings (SSSR count). The average molecular weight is 222 g/mol. The molecule has 0 radical (unpaired) electrons. The first-order valence-corrected chi connectivity index (χ1v) is 5.40. The third kappa shape index (κ3) is 5.51. The minimum atomic E-state index is -0.456. The molecule has 0 amide bonds. The molecule has 0 aliphatic carbocycles. The highest BCUT2D eigenvalue weighted by Gasteiger charge is 2.15. The van der Waals surface area contributed by atoms with Crippen molar-refractivity contribution in [3.8, 4) is 0 Å². The summed E-state index contributed by atoms with van der Waals surface area (Å²) in [5, 5.41) is 0. The molecule has 0 bridgehead atoms. The van der Waals surface area contributed by atoms with E-state index >= 15 is 0 Å². The lowest BCUT2D eigenvalue weighted by Crippen LogP contribution is -2.22. The van der Waals surface area contributed by atoms with Crippen molar-refractivity contribution < 1.29 is 14.6 Å². The number of benzene rings is 1. The monoisotopic (exact) mass is 222 g/mol. The fourth-order valence-corrected chi connectivity index (χ4v) is 1.10. The summed E-state index contributed by atoms with van der Waals surface area (Å²) in [6.45, 7) is 5.49. The van der Waals surface area contributed by atoms with E-state index in [0.717, 1.165) is 5.56 Å². The van der Waals surface area contributed by atoms with Gasteiger partial charge in [-0.25, -0.2) is 4.79 Å². The van der Waals surface area contributed by atoms with Gasteiger partial charge in [-0.15, -0.1) is 0 Å². The van der Waals surface area contributed by atoms with Crippen LogP contribution in [0.1, 0.15) is 32.8 Å². The number of hydrogen-bond acceptors (Lipinski definition) is 3. The molecule has 0 N–H and O–H groups in total. The van der Waals surface area contributed by atoms with E-state index in [-0.39, 0.29) is 5.97 Å². The van der Waals surface area contributed by atoms with Crippen molar-refractivity contribution >= 4 is 5.97 Å². The number of hydrogen-bond donors (Lipinski definition) is 0. The van der Waals surface area contributed by atoms with Crippen LogP contribution in [0.2, 0.25) is 0 Å². The van der Waals surface area contributed by atoms with Gasteiger partial charge in [0.15, 0.2) is 0 Å². The van der Waals surface area contributed by atoms with Crippen LogP contribution in [0.3, 0.4) is 0 Å². The summed E-state index contributed by atoms with van der Waals surface area (Å²) in [5.41, 5.74) is 0.665. The standard InChI is InChI=1S/C13H18O3/c1-13(2,3)16-15-12(14)10-9-11-7-5-4-6-8-11/h4-8H,9-10H2,1-3H3. The Morgan fingerprint density at radius 1 is 1.19 bits per heavy atom. The zero-order valence-electron chi connectivity index (χ0n) is 10.0. The molecule has 0 aliphatic heterocycles. The number of aryl methyl sites for hydroxylation is 1. The van der Waals surface area contributed by atoms with Gasteiger partial charge in [0.1, 0.15) is 5.60 Å². The maximum atomic E-state index is 11.3. The molecular weight excluding hydrogens is 204 g/mol. The molecule has 0 aromatic heterocycles. The van der Waals surface area contributed by atoms with Gasteiger partial charge in [0.05, 0.1) is 6.42 Å². The van der Waals surface area contributed by atoms with Gasteiger partial charge in [0, 0.05) is 0 Å². The Morgan fingerprint density at radius 3 is 2.38 bits per heavy atom. The minimum absolute atomic E-state index is 0.333. The second kappa shape index (κ2) is 5.66. The Hall–Kier alpha value is -1.35. The molecule has 1 aromatic rings. The van der Waals surface area contributed by atoms with Crippen LogP contribution < -0.4 is 0 Å². The third-order valence-electron chi connectivity index (χ3n) is 1.85. The maximum absolute atomic E-state index is 11.3. The van der Waals surface area contributed by atoms with E-state index in [9.17, 15) is 4.79 Å². The third-order valence-corrected chi connectivity index (χ3v) is 1.85. The van der Waals surface area contributed by atoms with Gasteiger partial charge in [-0.2, -0.15) is 4.89 Å². The van der Waals surface area contributed by atoms with E-state index < -0.39 is 5.60 Å². The van der Waals surface area contributed by atoms with Crippen LogP contribution in [-0.2, 0) is 21.0 Å². The number of carbonyl (C=O) groups excluding carboxylic acids is 1. The van der Waals surface area contributed by atoms with Crippen molar-refractivity contribution in [3.05, 3.63) is 35.9 Å². The first kappa shape index (κ1) is 12.7. The molecule has 0 fully saturated rings. The van der Waals surface area contributed by atoms with Gasteiger partial charge < -0.3 is 0 Å². The summed E-state index contributed by atoms with van der Waals surface area (Å²) >= 11 is 0. The van der Waals surface area contributed by atoms with Crippen LogP contribution >= 0.6 is 0 Å². The van der Waals surface area contributed by atoms with Gasteiger partial charge in [-0.05, 0) is 32.8 Å². The molecule has 0 unspecified atom stereocenters.